The molecule has 0 saturated carbocycles. The highest BCUT2D eigenvalue weighted by molar-refractivity contribution is 5.80. The first-order chi connectivity index (χ1) is 14.8. The molecule has 2 heterocycles. The molecule has 0 fully saturated rings. The van der Waals surface area contributed by atoms with Crippen molar-refractivity contribution in [1.29, 1.82) is 0 Å². The Morgan fingerprint density at radius 2 is 1.83 bits per heavy atom. The van der Waals surface area contributed by atoms with E-state index in [0.717, 1.165) is 35.2 Å². The number of hydrogen-bond donors (Lipinski definition) is 2. The number of rotatable bonds is 3. The van der Waals surface area contributed by atoms with Crippen LogP contribution in [0.15, 0.2) is 77.7 Å². The monoisotopic (exact) mass is 390 g/mol. The van der Waals surface area contributed by atoms with Crippen molar-refractivity contribution in [3.05, 3.63) is 111 Å². The molecule has 1 aliphatic heterocycles. The maximum Gasteiger partial charge on any atom is 0.192 e. The number of aromatic amines is 1. The molecular formula is C27H22N2O. The molecule has 0 amide bonds. The van der Waals surface area contributed by atoms with Crippen molar-refractivity contribution in [1.82, 2.24) is 4.98 Å². The first-order valence-electron chi connectivity index (χ1n) is 10.3. The highest BCUT2D eigenvalue weighted by atomic mass is 16.1. The zero-order chi connectivity index (χ0) is 20.3. The second-order valence-corrected chi connectivity index (χ2v) is 7.71. The average molecular weight is 390 g/mol. The van der Waals surface area contributed by atoms with Crippen LogP contribution in [0.2, 0.25) is 0 Å². The summed E-state index contributed by atoms with van der Waals surface area (Å²) in [7, 11) is 0. The molecule has 1 aliphatic rings. The van der Waals surface area contributed by atoms with Crippen LogP contribution in [0, 0.1) is 11.8 Å². The van der Waals surface area contributed by atoms with Crippen molar-refractivity contribution in [3.63, 3.8) is 0 Å². The van der Waals surface area contributed by atoms with Gasteiger partial charge in [-0.3, -0.25) is 4.79 Å². The topological polar surface area (TPSA) is 44.9 Å². The van der Waals surface area contributed by atoms with Crippen LogP contribution in [0.5, 0.6) is 0 Å². The molecule has 0 bridgehead atoms. The molecule has 0 spiro atoms. The van der Waals surface area contributed by atoms with Crippen LogP contribution in [0.4, 0.5) is 5.69 Å². The predicted molar refractivity (Wildman–Crippen MR) is 123 cm³/mol. The van der Waals surface area contributed by atoms with E-state index >= 15 is 0 Å². The second-order valence-electron chi connectivity index (χ2n) is 7.71. The lowest BCUT2D eigenvalue weighted by Gasteiger charge is -2.04. The molecule has 0 saturated heterocycles. The van der Waals surface area contributed by atoms with Crippen LogP contribution < -0.4 is 10.7 Å². The quantitative estimate of drug-likeness (QED) is 0.499. The summed E-state index contributed by atoms with van der Waals surface area (Å²) in [5, 5.41) is 4.08. The zero-order valence-corrected chi connectivity index (χ0v) is 16.7. The van der Waals surface area contributed by atoms with E-state index in [2.05, 4.69) is 40.3 Å². The summed E-state index contributed by atoms with van der Waals surface area (Å²) >= 11 is 0. The summed E-state index contributed by atoms with van der Waals surface area (Å²) in [4.78, 5) is 16.3. The average Bonchev–Trinajstić information content (AvgIpc) is 3.25. The van der Waals surface area contributed by atoms with Gasteiger partial charge in [0, 0.05) is 53.3 Å². The van der Waals surface area contributed by atoms with Gasteiger partial charge in [-0.15, -0.1) is 0 Å². The minimum atomic E-state index is 0.0716. The first kappa shape index (κ1) is 18.3. The third-order valence-corrected chi connectivity index (χ3v) is 5.60. The summed E-state index contributed by atoms with van der Waals surface area (Å²) < 4.78 is 0. The molecule has 1 aromatic heterocycles. The standard InChI is InChI=1S/C27H22N2O/c30-27-23(16-19-5-2-1-3-6-19)18-29-26-12-10-21(17-24(26)27)8-4-7-20-9-11-25-22(15-20)13-14-28-25/h1-3,5-6,9-12,15,17-18,28H,7,13-14,16H2,(H,29,30). The minimum absolute atomic E-state index is 0.0716. The Morgan fingerprint density at radius 1 is 0.933 bits per heavy atom. The van der Waals surface area contributed by atoms with Gasteiger partial charge in [0.1, 0.15) is 0 Å². The molecule has 5 rings (SSSR count). The molecule has 0 radical (unpaired) electrons. The summed E-state index contributed by atoms with van der Waals surface area (Å²) in [6, 6.07) is 22.4. The predicted octanol–water partition coefficient (Wildman–Crippen LogP) is 4.68. The van der Waals surface area contributed by atoms with Crippen molar-refractivity contribution in [2.75, 3.05) is 11.9 Å². The number of hydrogen-bond acceptors (Lipinski definition) is 2. The number of anilines is 1. The molecule has 2 N–H and O–H groups in total. The number of pyridine rings is 1. The Balaban J connectivity index is 1.40. The second kappa shape index (κ2) is 7.93. The van der Waals surface area contributed by atoms with Gasteiger partial charge in [-0.2, -0.15) is 0 Å². The summed E-state index contributed by atoms with van der Waals surface area (Å²) in [5.74, 6) is 6.50. The molecular weight excluding hydrogens is 368 g/mol. The highest BCUT2D eigenvalue weighted by Crippen LogP contribution is 2.23. The Kier molecular flexibility index (Phi) is 4.83. The van der Waals surface area contributed by atoms with E-state index in [9.17, 15) is 4.79 Å². The van der Waals surface area contributed by atoms with E-state index in [1.807, 2.05) is 54.7 Å². The first-order valence-corrected chi connectivity index (χ1v) is 10.3. The number of fused-ring (bicyclic) bond motifs is 2. The van der Waals surface area contributed by atoms with Gasteiger partial charge in [-0.1, -0.05) is 54.3 Å². The summed E-state index contributed by atoms with van der Waals surface area (Å²) in [6.07, 6.45) is 4.23. The van der Waals surface area contributed by atoms with E-state index in [0.29, 0.717) is 18.2 Å². The molecule has 3 heteroatoms. The van der Waals surface area contributed by atoms with Crippen molar-refractivity contribution in [2.45, 2.75) is 19.3 Å². The van der Waals surface area contributed by atoms with Gasteiger partial charge in [0.05, 0.1) is 0 Å². The van der Waals surface area contributed by atoms with Gasteiger partial charge in [0.2, 0.25) is 0 Å². The van der Waals surface area contributed by atoms with Crippen molar-refractivity contribution in [3.8, 4) is 11.8 Å². The maximum absolute atomic E-state index is 13.0. The Bertz CT molecular complexity index is 1340. The third kappa shape index (κ3) is 3.73. The molecule has 0 atom stereocenters. The zero-order valence-electron chi connectivity index (χ0n) is 16.7. The SMILES string of the molecule is O=c1c(Cc2ccccc2)c[nH]c2ccc(C#CCc3ccc4c(c3)CCN4)cc12. The Hall–Kier alpha value is -3.77. The van der Waals surface area contributed by atoms with Crippen LogP contribution in [0.25, 0.3) is 10.9 Å². The van der Waals surface area contributed by atoms with Gasteiger partial charge in [0.15, 0.2) is 5.43 Å². The number of aromatic nitrogens is 1. The Labute approximate surface area is 175 Å². The van der Waals surface area contributed by atoms with E-state index in [4.69, 9.17) is 0 Å². The Morgan fingerprint density at radius 3 is 2.73 bits per heavy atom. The molecule has 0 unspecified atom stereocenters. The lowest BCUT2D eigenvalue weighted by atomic mass is 10.0. The normalized spacial score (nSPS) is 12.1. The van der Waals surface area contributed by atoms with Crippen LogP contribution in [-0.2, 0) is 19.3 Å². The number of benzene rings is 3. The van der Waals surface area contributed by atoms with Crippen molar-refractivity contribution >= 4 is 16.6 Å². The van der Waals surface area contributed by atoms with Crippen molar-refractivity contribution < 1.29 is 0 Å². The largest absolute Gasteiger partial charge is 0.384 e. The van der Waals surface area contributed by atoms with E-state index in [-0.39, 0.29) is 5.43 Å². The molecule has 3 aromatic carbocycles. The highest BCUT2D eigenvalue weighted by Gasteiger charge is 2.09. The number of H-pyrrole nitrogens is 1. The third-order valence-electron chi connectivity index (χ3n) is 5.60. The maximum atomic E-state index is 13.0. The molecule has 4 aromatic rings. The molecule has 3 nitrogen and oxygen atoms in total. The fourth-order valence-electron chi connectivity index (χ4n) is 4.00. The molecule has 146 valence electrons. The van der Waals surface area contributed by atoms with Crippen LogP contribution in [-0.4, -0.2) is 11.5 Å². The van der Waals surface area contributed by atoms with Gasteiger partial charge in [-0.05, 0) is 47.4 Å². The number of nitrogens with one attached hydrogen (secondary N) is 2. The molecule has 0 aliphatic carbocycles. The lowest BCUT2D eigenvalue weighted by Crippen LogP contribution is -2.10. The van der Waals surface area contributed by atoms with Gasteiger partial charge in [0.25, 0.3) is 0 Å². The van der Waals surface area contributed by atoms with E-state index in [1.165, 1.54) is 16.8 Å². The summed E-state index contributed by atoms with van der Waals surface area (Å²) in [5.41, 5.74) is 7.52. The van der Waals surface area contributed by atoms with Crippen LogP contribution >= 0.6 is 0 Å². The van der Waals surface area contributed by atoms with E-state index in [1.54, 1.807) is 0 Å². The smallest absolute Gasteiger partial charge is 0.192 e. The van der Waals surface area contributed by atoms with Gasteiger partial charge >= 0.3 is 0 Å². The lowest BCUT2D eigenvalue weighted by molar-refractivity contribution is 1.10. The van der Waals surface area contributed by atoms with E-state index < -0.39 is 0 Å². The molecule has 30 heavy (non-hydrogen) atoms. The van der Waals surface area contributed by atoms with Crippen LogP contribution in [0.1, 0.15) is 27.8 Å². The fraction of sp³-hybridized carbons (Fsp3) is 0.148. The van der Waals surface area contributed by atoms with Crippen molar-refractivity contribution in [2.24, 2.45) is 0 Å². The van der Waals surface area contributed by atoms with Gasteiger partial charge < -0.3 is 10.3 Å². The fourth-order valence-corrected chi connectivity index (χ4v) is 4.00. The van der Waals surface area contributed by atoms with Crippen LogP contribution in [0.3, 0.4) is 0 Å². The van der Waals surface area contributed by atoms with Gasteiger partial charge in [-0.25, -0.2) is 0 Å². The summed E-state index contributed by atoms with van der Waals surface area (Å²) in [6.45, 7) is 1.02. The minimum Gasteiger partial charge on any atom is -0.384 e.